The van der Waals surface area contributed by atoms with Crippen LogP contribution >= 0.6 is 0 Å². The second-order valence-electron chi connectivity index (χ2n) is 8.20. The van der Waals surface area contributed by atoms with Gasteiger partial charge in [-0.05, 0) is 59.7 Å². The Labute approximate surface area is 224 Å². The average Bonchev–Trinajstić information content (AvgIpc) is 3.43. The van der Waals surface area contributed by atoms with Crippen molar-refractivity contribution in [3.63, 3.8) is 0 Å². The molecule has 0 unspecified atom stereocenters. The first-order valence-corrected chi connectivity index (χ1v) is 13.0. The Hall–Kier alpha value is -4.55. The van der Waals surface area contributed by atoms with Crippen molar-refractivity contribution in [3.8, 4) is 11.4 Å². The molecule has 4 rings (SSSR count). The fourth-order valence-corrected chi connectivity index (χ4v) is 4.91. The van der Waals surface area contributed by atoms with E-state index in [1.165, 1.54) is 22.5 Å². The van der Waals surface area contributed by atoms with Gasteiger partial charge in [0.2, 0.25) is 10.0 Å². The number of aromatic nitrogens is 2. The lowest BCUT2D eigenvalue weighted by atomic mass is 10.2. The summed E-state index contributed by atoms with van der Waals surface area (Å²) in [7, 11) is -4.07. The summed E-state index contributed by atoms with van der Waals surface area (Å²) in [5, 5.41) is 20.4. The first-order chi connectivity index (χ1) is 18.5. The molecular weight excluding hydrogens is 529 g/mol. The van der Waals surface area contributed by atoms with Crippen molar-refractivity contribution in [2.75, 3.05) is 6.61 Å². The summed E-state index contributed by atoms with van der Waals surface area (Å²) < 4.78 is 48.9. The molecular formula is C27H26FN3O7S. The summed E-state index contributed by atoms with van der Waals surface area (Å²) in [6.45, 7) is 0.555. The molecule has 39 heavy (non-hydrogen) atoms. The second kappa shape index (κ2) is 13.3. The predicted octanol–water partition coefficient (Wildman–Crippen LogP) is 3.96. The Morgan fingerprint density at radius 1 is 0.949 bits per heavy atom. The molecule has 0 radical (unpaired) electrons. The summed E-state index contributed by atoms with van der Waals surface area (Å²) in [5.41, 5.74) is 2.13. The van der Waals surface area contributed by atoms with Gasteiger partial charge in [-0.3, -0.25) is 4.79 Å². The fourth-order valence-electron chi connectivity index (χ4n) is 3.46. The van der Waals surface area contributed by atoms with E-state index in [2.05, 4.69) is 5.10 Å². The molecule has 0 saturated heterocycles. The van der Waals surface area contributed by atoms with E-state index in [9.17, 15) is 17.6 Å². The van der Waals surface area contributed by atoms with Crippen LogP contribution in [0.1, 0.15) is 18.1 Å². The molecule has 4 aromatic rings. The van der Waals surface area contributed by atoms with Gasteiger partial charge in [0.1, 0.15) is 11.6 Å². The van der Waals surface area contributed by atoms with Crippen LogP contribution in [0.3, 0.4) is 0 Å². The number of halogens is 1. The highest BCUT2D eigenvalue weighted by Crippen LogP contribution is 2.24. The number of rotatable bonds is 10. The maximum absolute atomic E-state index is 13.8. The van der Waals surface area contributed by atoms with Crippen LogP contribution in [-0.4, -0.2) is 51.3 Å². The zero-order valence-corrected chi connectivity index (χ0v) is 21.7. The minimum absolute atomic E-state index is 0.0262. The zero-order chi connectivity index (χ0) is 28.4. The molecule has 0 spiro atoms. The maximum Gasteiger partial charge on any atom is 0.341 e. The van der Waals surface area contributed by atoms with E-state index >= 15 is 0 Å². The molecule has 0 aliphatic carbocycles. The van der Waals surface area contributed by atoms with E-state index in [1.54, 1.807) is 59.5 Å². The van der Waals surface area contributed by atoms with Gasteiger partial charge in [0.25, 0.3) is 5.97 Å². The summed E-state index contributed by atoms with van der Waals surface area (Å²) in [5.74, 6) is -2.31. The molecule has 0 atom stereocenters. The third-order valence-electron chi connectivity index (χ3n) is 5.12. The number of ether oxygens (including phenoxy) is 1. The minimum atomic E-state index is -4.07. The summed E-state index contributed by atoms with van der Waals surface area (Å²) in [6.07, 6.45) is 3.46. The van der Waals surface area contributed by atoms with Crippen LogP contribution in [0.15, 0.2) is 96.2 Å². The average molecular weight is 556 g/mol. The number of carboxylic acid groups (broad SMARTS) is 2. The molecule has 1 heterocycles. The quantitative estimate of drug-likeness (QED) is 0.300. The number of nitrogens with zero attached hydrogens (tertiary/aromatic N) is 3. The SMILES string of the molecule is CC(=O)O.O=C(O)COc1cccc(CN(Cc2ccc(-n3cccn3)cc2)S(=O)(=O)c2cccc(F)c2)c1. The number of sulfonamides is 1. The molecule has 10 nitrogen and oxygen atoms in total. The summed E-state index contributed by atoms with van der Waals surface area (Å²) in [6, 6.07) is 20.5. The van der Waals surface area contributed by atoms with E-state index in [4.69, 9.17) is 19.7 Å². The van der Waals surface area contributed by atoms with Gasteiger partial charge in [0.15, 0.2) is 6.61 Å². The third-order valence-corrected chi connectivity index (χ3v) is 6.91. The molecule has 0 bridgehead atoms. The van der Waals surface area contributed by atoms with Crippen LogP contribution in [0.5, 0.6) is 5.75 Å². The van der Waals surface area contributed by atoms with E-state index in [0.717, 1.165) is 24.2 Å². The van der Waals surface area contributed by atoms with Crippen molar-refractivity contribution >= 4 is 22.0 Å². The van der Waals surface area contributed by atoms with Crippen LogP contribution in [0.4, 0.5) is 4.39 Å². The van der Waals surface area contributed by atoms with Crippen LogP contribution in [0, 0.1) is 5.82 Å². The van der Waals surface area contributed by atoms with Crippen LogP contribution < -0.4 is 4.74 Å². The molecule has 0 aliphatic heterocycles. The normalized spacial score (nSPS) is 10.9. The Morgan fingerprint density at radius 2 is 1.62 bits per heavy atom. The smallest absolute Gasteiger partial charge is 0.341 e. The highest BCUT2D eigenvalue weighted by atomic mass is 32.2. The highest BCUT2D eigenvalue weighted by molar-refractivity contribution is 7.89. The van der Waals surface area contributed by atoms with Gasteiger partial charge in [0.05, 0.1) is 10.6 Å². The lowest BCUT2D eigenvalue weighted by Crippen LogP contribution is -2.30. The molecule has 0 saturated carbocycles. The highest BCUT2D eigenvalue weighted by Gasteiger charge is 2.25. The molecule has 2 N–H and O–H groups in total. The topological polar surface area (TPSA) is 139 Å². The molecule has 0 fully saturated rings. The van der Waals surface area contributed by atoms with Gasteiger partial charge >= 0.3 is 5.97 Å². The minimum Gasteiger partial charge on any atom is -0.482 e. The summed E-state index contributed by atoms with van der Waals surface area (Å²) >= 11 is 0. The molecule has 1 aromatic heterocycles. The lowest BCUT2D eigenvalue weighted by molar-refractivity contribution is -0.139. The molecule has 204 valence electrons. The molecule has 12 heteroatoms. The first-order valence-electron chi connectivity index (χ1n) is 11.5. The number of hydrogen-bond donors (Lipinski definition) is 2. The maximum atomic E-state index is 13.8. The monoisotopic (exact) mass is 555 g/mol. The zero-order valence-electron chi connectivity index (χ0n) is 20.8. The van der Waals surface area contributed by atoms with Gasteiger partial charge in [-0.25, -0.2) is 22.3 Å². The Morgan fingerprint density at radius 3 is 2.23 bits per heavy atom. The number of aliphatic carboxylic acids is 2. The Balaban J connectivity index is 0.000000983. The van der Waals surface area contributed by atoms with Gasteiger partial charge < -0.3 is 14.9 Å². The van der Waals surface area contributed by atoms with E-state index in [0.29, 0.717) is 11.3 Å². The van der Waals surface area contributed by atoms with Crippen molar-refractivity contribution in [1.82, 2.24) is 14.1 Å². The number of hydrogen-bond acceptors (Lipinski definition) is 6. The van der Waals surface area contributed by atoms with Gasteiger partial charge in [0, 0.05) is 32.4 Å². The number of carbonyl (C=O) groups is 2. The van der Waals surface area contributed by atoms with E-state index in [-0.39, 0.29) is 18.0 Å². The second-order valence-corrected chi connectivity index (χ2v) is 10.1. The van der Waals surface area contributed by atoms with Gasteiger partial charge in [-0.2, -0.15) is 9.40 Å². The van der Waals surface area contributed by atoms with Crippen molar-refractivity contribution in [1.29, 1.82) is 0 Å². The van der Waals surface area contributed by atoms with Crippen LogP contribution in [-0.2, 0) is 32.7 Å². The Kier molecular flexibility index (Phi) is 9.90. The third kappa shape index (κ3) is 8.76. The predicted molar refractivity (Wildman–Crippen MR) is 139 cm³/mol. The molecule has 0 aliphatic rings. The van der Waals surface area contributed by atoms with E-state index < -0.39 is 34.4 Å². The lowest BCUT2D eigenvalue weighted by Gasteiger charge is -2.23. The van der Waals surface area contributed by atoms with E-state index in [1.807, 2.05) is 12.1 Å². The van der Waals surface area contributed by atoms with Crippen molar-refractivity contribution in [3.05, 3.63) is 108 Å². The van der Waals surface area contributed by atoms with Crippen LogP contribution in [0.25, 0.3) is 5.69 Å². The number of benzene rings is 3. The van der Waals surface area contributed by atoms with Crippen molar-refractivity contribution < 1.29 is 37.3 Å². The summed E-state index contributed by atoms with van der Waals surface area (Å²) in [4.78, 5) is 19.6. The van der Waals surface area contributed by atoms with Gasteiger partial charge in [-0.1, -0.05) is 30.3 Å². The standard InChI is InChI=1S/C25H22FN3O5S.C2H4O2/c26-21-5-2-7-24(15-21)35(32,33)28(17-20-4-1-6-23(14-20)34-18-25(30)31)16-19-8-10-22(11-9-19)29-13-3-12-27-29;1-2(3)4/h1-15H,16-18H2,(H,30,31);1H3,(H,3,4). The van der Waals surface area contributed by atoms with Crippen molar-refractivity contribution in [2.45, 2.75) is 24.9 Å². The van der Waals surface area contributed by atoms with Crippen LogP contribution in [0.2, 0.25) is 0 Å². The first kappa shape index (κ1) is 29.0. The van der Waals surface area contributed by atoms with Gasteiger partial charge in [-0.15, -0.1) is 0 Å². The number of carboxylic acids is 2. The van der Waals surface area contributed by atoms with Crippen molar-refractivity contribution in [2.24, 2.45) is 0 Å². The Bertz CT molecular complexity index is 1500. The molecule has 0 amide bonds. The largest absolute Gasteiger partial charge is 0.482 e. The fraction of sp³-hybridized carbons (Fsp3) is 0.148. The molecule has 3 aromatic carbocycles.